The number of sulfonamides is 1. The van der Waals surface area contributed by atoms with Crippen molar-refractivity contribution in [2.45, 2.75) is 24.2 Å². The van der Waals surface area contributed by atoms with Crippen molar-refractivity contribution >= 4 is 21.6 Å². The molecule has 1 aliphatic heterocycles. The van der Waals surface area contributed by atoms with Crippen LogP contribution in [0.2, 0.25) is 0 Å². The predicted octanol–water partition coefficient (Wildman–Crippen LogP) is 3.00. The molecule has 0 bridgehead atoms. The van der Waals surface area contributed by atoms with Crippen molar-refractivity contribution in [2.24, 2.45) is 0 Å². The highest BCUT2D eigenvalue weighted by Gasteiger charge is 2.29. The van der Waals surface area contributed by atoms with Crippen molar-refractivity contribution < 1.29 is 31.3 Å². The fourth-order valence-electron chi connectivity index (χ4n) is 3.40. The van der Waals surface area contributed by atoms with E-state index in [1.54, 1.807) is 0 Å². The van der Waals surface area contributed by atoms with Gasteiger partial charge in [0.1, 0.15) is 16.5 Å². The molecule has 0 unspecified atom stereocenters. The monoisotopic (exact) mass is 492 g/mol. The second kappa shape index (κ2) is 10.4. The molecule has 34 heavy (non-hydrogen) atoms. The highest BCUT2D eigenvalue weighted by atomic mass is 32.2. The summed E-state index contributed by atoms with van der Waals surface area (Å²) in [7, 11) is -4.05. The Kier molecular flexibility index (Phi) is 7.29. The molecule has 1 saturated heterocycles. The highest BCUT2D eigenvalue weighted by Crippen LogP contribution is 2.24. The van der Waals surface area contributed by atoms with Crippen LogP contribution in [-0.2, 0) is 26.0 Å². The lowest BCUT2D eigenvalue weighted by Gasteiger charge is -2.26. The van der Waals surface area contributed by atoms with Gasteiger partial charge in [0, 0.05) is 37.2 Å². The minimum atomic E-state index is -4.05. The molecule has 0 atom stereocenters. The van der Waals surface area contributed by atoms with Gasteiger partial charge in [0.2, 0.25) is 27.6 Å². The fourth-order valence-corrected chi connectivity index (χ4v) is 4.90. The maximum Gasteiger partial charge on any atom is 0.246 e. The number of ether oxygens (including phenoxy) is 1. The second-order valence-corrected chi connectivity index (χ2v) is 9.49. The molecular weight excluding hydrogens is 470 g/mol. The number of morpholine rings is 1. The molecular formula is C22H22F2N4O5S. The Morgan fingerprint density at radius 1 is 1.09 bits per heavy atom. The zero-order valence-corrected chi connectivity index (χ0v) is 18.9. The quantitative estimate of drug-likeness (QED) is 0.514. The van der Waals surface area contributed by atoms with E-state index in [2.05, 4.69) is 15.5 Å². The lowest BCUT2D eigenvalue weighted by Crippen LogP contribution is -2.40. The number of nitrogens with one attached hydrogen (secondary N) is 1. The standard InChI is InChI=1S/C22H22F2N4O5S/c23-16-6-4-15(5-7-16)22-26-21(33-27-22)3-1-2-20(29)25-17-8-9-18(24)19(14-17)34(30,31)28-10-12-32-13-11-28/h4-9,14H,1-3,10-13H2,(H,25,29). The topological polar surface area (TPSA) is 115 Å². The maximum atomic E-state index is 14.3. The minimum absolute atomic E-state index is 0.0944. The van der Waals surface area contributed by atoms with Crippen molar-refractivity contribution in [2.75, 3.05) is 31.6 Å². The van der Waals surface area contributed by atoms with Crippen LogP contribution in [0.15, 0.2) is 51.9 Å². The Morgan fingerprint density at radius 2 is 1.82 bits per heavy atom. The molecule has 9 nitrogen and oxygen atoms in total. The largest absolute Gasteiger partial charge is 0.379 e. The third-order valence-corrected chi connectivity index (χ3v) is 7.08. The van der Waals surface area contributed by atoms with Gasteiger partial charge in [0.05, 0.1) is 13.2 Å². The van der Waals surface area contributed by atoms with Gasteiger partial charge in [-0.3, -0.25) is 4.79 Å². The van der Waals surface area contributed by atoms with E-state index in [1.807, 2.05) is 0 Å². The second-order valence-electron chi connectivity index (χ2n) is 7.58. The normalized spacial score (nSPS) is 14.8. The Balaban J connectivity index is 1.33. The molecule has 1 amide bonds. The van der Waals surface area contributed by atoms with Gasteiger partial charge in [-0.2, -0.15) is 9.29 Å². The lowest BCUT2D eigenvalue weighted by molar-refractivity contribution is -0.116. The van der Waals surface area contributed by atoms with E-state index in [1.165, 1.54) is 30.3 Å². The molecule has 0 aliphatic carbocycles. The Labute approximate surface area is 194 Å². The van der Waals surface area contributed by atoms with Crippen LogP contribution in [0.4, 0.5) is 14.5 Å². The van der Waals surface area contributed by atoms with Crippen molar-refractivity contribution in [3.63, 3.8) is 0 Å². The van der Waals surface area contributed by atoms with Crippen molar-refractivity contribution in [1.29, 1.82) is 0 Å². The fraction of sp³-hybridized carbons (Fsp3) is 0.318. The summed E-state index contributed by atoms with van der Waals surface area (Å²) in [5, 5.41) is 6.44. The third-order valence-electron chi connectivity index (χ3n) is 5.17. The number of carbonyl (C=O) groups is 1. The molecule has 12 heteroatoms. The van der Waals surface area contributed by atoms with Crippen LogP contribution in [0.5, 0.6) is 0 Å². The van der Waals surface area contributed by atoms with Crippen molar-refractivity contribution in [3.8, 4) is 11.4 Å². The molecule has 1 fully saturated rings. The summed E-state index contributed by atoms with van der Waals surface area (Å²) < 4.78 is 64.4. The summed E-state index contributed by atoms with van der Waals surface area (Å²) >= 11 is 0. The zero-order chi connectivity index (χ0) is 24.1. The first-order valence-corrected chi connectivity index (χ1v) is 12.0. The number of hydrogen-bond acceptors (Lipinski definition) is 7. The summed E-state index contributed by atoms with van der Waals surface area (Å²) in [5.41, 5.74) is 0.780. The van der Waals surface area contributed by atoms with Gasteiger partial charge in [-0.25, -0.2) is 17.2 Å². The first-order valence-electron chi connectivity index (χ1n) is 10.6. The first-order chi connectivity index (χ1) is 16.3. The average Bonchev–Trinajstić information content (AvgIpc) is 3.30. The van der Waals surface area contributed by atoms with E-state index in [-0.39, 0.29) is 50.1 Å². The molecule has 1 aliphatic rings. The van der Waals surface area contributed by atoms with Gasteiger partial charge < -0.3 is 14.6 Å². The number of amides is 1. The van der Waals surface area contributed by atoms with E-state index in [9.17, 15) is 22.0 Å². The van der Waals surface area contributed by atoms with Crippen LogP contribution in [0.1, 0.15) is 18.7 Å². The number of anilines is 1. The molecule has 2 heterocycles. The summed E-state index contributed by atoms with van der Waals surface area (Å²) in [6, 6.07) is 9.09. The SMILES string of the molecule is O=C(CCCc1nc(-c2ccc(F)cc2)no1)Nc1ccc(F)c(S(=O)(=O)N2CCOCC2)c1. The van der Waals surface area contributed by atoms with Crippen LogP contribution in [0.3, 0.4) is 0 Å². The zero-order valence-electron chi connectivity index (χ0n) is 18.0. The molecule has 0 saturated carbocycles. The Morgan fingerprint density at radius 3 is 2.56 bits per heavy atom. The predicted molar refractivity (Wildman–Crippen MR) is 117 cm³/mol. The average molecular weight is 493 g/mol. The van der Waals surface area contributed by atoms with Crippen LogP contribution in [0, 0.1) is 11.6 Å². The van der Waals surface area contributed by atoms with E-state index < -0.39 is 20.7 Å². The number of benzene rings is 2. The summed E-state index contributed by atoms with van der Waals surface area (Å²) in [6.07, 6.45) is 0.815. The van der Waals surface area contributed by atoms with E-state index in [0.29, 0.717) is 30.1 Å². The van der Waals surface area contributed by atoms with Gasteiger partial charge in [-0.15, -0.1) is 0 Å². The first kappa shape index (κ1) is 23.9. The highest BCUT2D eigenvalue weighted by molar-refractivity contribution is 7.89. The van der Waals surface area contributed by atoms with Crippen LogP contribution in [0.25, 0.3) is 11.4 Å². The van der Waals surface area contributed by atoms with Gasteiger partial charge in [-0.05, 0) is 48.9 Å². The number of rotatable bonds is 8. The maximum absolute atomic E-state index is 14.3. The Bertz CT molecular complexity index is 1260. The number of aromatic nitrogens is 2. The number of carbonyl (C=O) groups excluding carboxylic acids is 1. The Hall–Kier alpha value is -3.22. The van der Waals surface area contributed by atoms with Gasteiger partial charge in [0.15, 0.2) is 0 Å². The third kappa shape index (κ3) is 5.64. The van der Waals surface area contributed by atoms with Gasteiger partial charge in [-0.1, -0.05) is 5.16 Å². The molecule has 3 aromatic rings. The van der Waals surface area contributed by atoms with E-state index in [4.69, 9.17) is 9.26 Å². The van der Waals surface area contributed by atoms with Crippen molar-refractivity contribution in [1.82, 2.24) is 14.4 Å². The lowest BCUT2D eigenvalue weighted by atomic mass is 10.2. The molecule has 0 spiro atoms. The van der Waals surface area contributed by atoms with Crippen molar-refractivity contribution in [3.05, 3.63) is 60.0 Å². The molecule has 1 aromatic heterocycles. The van der Waals surface area contributed by atoms with Gasteiger partial charge >= 0.3 is 0 Å². The smallest absolute Gasteiger partial charge is 0.246 e. The summed E-state index contributed by atoms with van der Waals surface area (Å²) in [5.74, 6) is -0.990. The van der Waals surface area contributed by atoms with Crippen LogP contribution >= 0.6 is 0 Å². The van der Waals surface area contributed by atoms with Crippen LogP contribution in [-0.4, -0.2) is 55.1 Å². The molecule has 2 aromatic carbocycles. The summed E-state index contributed by atoms with van der Waals surface area (Å²) in [4.78, 5) is 16.1. The van der Waals surface area contributed by atoms with E-state index >= 15 is 0 Å². The molecule has 0 radical (unpaired) electrons. The number of nitrogens with zero attached hydrogens (tertiary/aromatic N) is 3. The summed E-state index contributed by atoms with van der Waals surface area (Å²) in [6.45, 7) is 0.749. The number of hydrogen-bond donors (Lipinski definition) is 1. The van der Waals surface area contributed by atoms with E-state index in [0.717, 1.165) is 16.4 Å². The minimum Gasteiger partial charge on any atom is -0.379 e. The van der Waals surface area contributed by atoms with Crippen LogP contribution < -0.4 is 5.32 Å². The number of halogens is 2. The van der Waals surface area contributed by atoms with Gasteiger partial charge in [0.25, 0.3) is 0 Å². The molecule has 1 N–H and O–H groups in total. The molecule has 180 valence electrons. The molecule has 4 rings (SSSR count). The number of aryl methyl sites for hydroxylation is 1.